The molecule has 2 fully saturated rings. The minimum Gasteiger partial charge on any atom is -0.324 e. The Labute approximate surface area is 110 Å². The molecule has 3 rings (SSSR count). The Morgan fingerprint density at radius 3 is 2.61 bits per heavy atom. The Kier molecular flexibility index (Phi) is 2.97. The first kappa shape index (κ1) is 12.2. The van der Waals surface area contributed by atoms with Gasteiger partial charge in [-0.3, -0.25) is 4.68 Å². The molecule has 2 saturated carbocycles. The fourth-order valence-electron chi connectivity index (χ4n) is 4.44. The fraction of sp³-hybridized carbons (Fsp3) is 0.800. The van der Waals surface area contributed by atoms with Crippen LogP contribution in [0.1, 0.15) is 55.1 Å². The molecular formula is C15H25N3. The molecule has 3 nitrogen and oxygen atoms in total. The van der Waals surface area contributed by atoms with E-state index in [0.29, 0.717) is 0 Å². The third-order valence-electron chi connectivity index (χ3n) is 5.38. The van der Waals surface area contributed by atoms with Crippen LogP contribution in [0.15, 0.2) is 0 Å². The summed E-state index contributed by atoms with van der Waals surface area (Å²) in [5, 5.41) is 4.49. The average Bonchev–Trinajstić information content (AvgIpc) is 2.95. The molecule has 2 bridgehead atoms. The summed E-state index contributed by atoms with van der Waals surface area (Å²) in [5.41, 5.74) is 10.1. The molecule has 0 aromatic carbocycles. The molecule has 1 aromatic rings. The molecule has 4 unspecified atom stereocenters. The molecule has 1 aromatic heterocycles. The highest BCUT2D eigenvalue weighted by atomic mass is 15.3. The molecule has 2 N–H and O–H groups in total. The van der Waals surface area contributed by atoms with E-state index < -0.39 is 0 Å². The third kappa shape index (κ3) is 1.89. The van der Waals surface area contributed by atoms with Crippen molar-refractivity contribution in [1.82, 2.24) is 9.78 Å². The molecule has 2 aliphatic rings. The highest BCUT2D eigenvalue weighted by molar-refractivity contribution is 5.28. The number of nitrogens with zero attached hydrogens (tertiary/aromatic N) is 2. The quantitative estimate of drug-likeness (QED) is 0.892. The van der Waals surface area contributed by atoms with E-state index in [-0.39, 0.29) is 6.04 Å². The summed E-state index contributed by atoms with van der Waals surface area (Å²) in [5.74, 6) is 2.86. The number of rotatable bonds is 3. The van der Waals surface area contributed by atoms with Crippen LogP contribution >= 0.6 is 0 Å². The van der Waals surface area contributed by atoms with Crippen LogP contribution in [0.2, 0.25) is 0 Å². The van der Waals surface area contributed by atoms with Gasteiger partial charge < -0.3 is 5.73 Å². The van der Waals surface area contributed by atoms with E-state index in [1.54, 1.807) is 0 Å². The van der Waals surface area contributed by atoms with Crippen LogP contribution < -0.4 is 5.73 Å². The normalized spacial score (nSPS) is 32.1. The predicted molar refractivity (Wildman–Crippen MR) is 73.2 cm³/mol. The molecule has 0 saturated heterocycles. The van der Waals surface area contributed by atoms with Crippen LogP contribution in [0.5, 0.6) is 0 Å². The third-order valence-corrected chi connectivity index (χ3v) is 5.38. The first-order valence-corrected chi connectivity index (χ1v) is 7.32. The van der Waals surface area contributed by atoms with Gasteiger partial charge in [-0.2, -0.15) is 5.10 Å². The van der Waals surface area contributed by atoms with Crippen LogP contribution in [0.25, 0.3) is 0 Å². The molecule has 2 aliphatic carbocycles. The SMILES string of the molecule is Cc1nn(C)c(C)c1C(N)CC1CC2CCC1C2. The second kappa shape index (κ2) is 4.37. The van der Waals surface area contributed by atoms with Gasteiger partial charge in [0, 0.05) is 24.3 Å². The number of hydrogen-bond acceptors (Lipinski definition) is 2. The summed E-state index contributed by atoms with van der Waals surface area (Å²) in [6.45, 7) is 4.22. The molecule has 100 valence electrons. The van der Waals surface area contributed by atoms with Crippen molar-refractivity contribution in [3.63, 3.8) is 0 Å². The lowest BCUT2D eigenvalue weighted by molar-refractivity contribution is 0.295. The van der Waals surface area contributed by atoms with Crippen LogP contribution in [0, 0.1) is 31.6 Å². The van der Waals surface area contributed by atoms with Crippen LogP contribution in [0.4, 0.5) is 0 Å². The molecule has 18 heavy (non-hydrogen) atoms. The zero-order valence-corrected chi connectivity index (χ0v) is 11.8. The summed E-state index contributed by atoms with van der Waals surface area (Å²) in [6, 6.07) is 0.183. The van der Waals surface area contributed by atoms with Crippen molar-refractivity contribution in [2.75, 3.05) is 0 Å². The van der Waals surface area contributed by atoms with Gasteiger partial charge in [-0.05, 0) is 57.3 Å². The standard InChI is InChI=1S/C15H25N3/c1-9-15(10(2)18(3)17-9)14(16)8-13-7-11-4-5-12(13)6-11/h11-14H,4-8,16H2,1-3H3. The molecule has 0 amide bonds. The molecule has 0 aliphatic heterocycles. The molecule has 0 radical (unpaired) electrons. The highest BCUT2D eigenvalue weighted by Gasteiger charge is 2.40. The summed E-state index contributed by atoms with van der Waals surface area (Å²) >= 11 is 0. The smallest absolute Gasteiger partial charge is 0.0644 e. The van der Waals surface area contributed by atoms with Gasteiger partial charge in [0.1, 0.15) is 0 Å². The highest BCUT2D eigenvalue weighted by Crippen LogP contribution is 2.50. The van der Waals surface area contributed by atoms with Crippen molar-refractivity contribution in [2.24, 2.45) is 30.5 Å². The second-order valence-electron chi connectivity index (χ2n) is 6.49. The number of fused-ring (bicyclic) bond motifs is 2. The lowest BCUT2D eigenvalue weighted by Gasteiger charge is -2.25. The van der Waals surface area contributed by atoms with Crippen LogP contribution in [-0.4, -0.2) is 9.78 Å². The van der Waals surface area contributed by atoms with E-state index in [2.05, 4.69) is 18.9 Å². The zero-order valence-electron chi connectivity index (χ0n) is 11.8. The van der Waals surface area contributed by atoms with E-state index in [4.69, 9.17) is 5.73 Å². The summed E-state index contributed by atoms with van der Waals surface area (Å²) in [7, 11) is 2.01. The second-order valence-corrected chi connectivity index (χ2v) is 6.49. The number of aromatic nitrogens is 2. The van der Waals surface area contributed by atoms with Crippen molar-refractivity contribution < 1.29 is 0 Å². The Hall–Kier alpha value is -0.830. The van der Waals surface area contributed by atoms with E-state index in [1.807, 2.05) is 11.7 Å². The van der Waals surface area contributed by atoms with E-state index in [0.717, 1.165) is 29.9 Å². The van der Waals surface area contributed by atoms with Gasteiger partial charge in [0.15, 0.2) is 0 Å². The van der Waals surface area contributed by atoms with Gasteiger partial charge in [0.05, 0.1) is 5.69 Å². The lowest BCUT2D eigenvalue weighted by atomic mass is 9.82. The van der Waals surface area contributed by atoms with Gasteiger partial charge in [-0.15, -0.1) is 0 Å². The van der Waals surface area contributed by atoms with Gasteiger partial charge in [-0.25, -0.2) is 0 Å². The van der Waals surface area contributed by atoms with Crippen molar-refractivity contribution >= 4 is 0 Å². The molecule has 3 heteroatoms. The van der Waals surface area contributed by atoms with E-state index >= 15 is 0 Å². The Bertz CT molecular complexity index is 449. The summed E-state index contributed by atoms with van der Waals surface area (Å²) in [4.78, 5) is 0. The first-order valence-electron chi connectivity index (χ1n) is 7.32. The number of nitrogens with two attached hydrogens (primary N) is 1. The molecule has 0 spiro atoms. The first-order chi connectivity index (χ1) is 8.56. The van der Waals surface area contributed by atoms with Gasteiger partial charge in [-0.1, -0.05) is 6.42 Å². The number of hydrogen-bond donors (Lipinski definition) is 1. The minimum absolute atomic E-state index is 0.183. The van der Waals surface area contributed by atoms with E-state index in [9.17, 15) is 0 Å². The van der Waals surface area contributed by atoms with Crippen LogP contribution in [0.3, 0.4) is 0 Å². The maximum Gasteiger partial charge on any atom is 0.0644 e. The topological polar surface area (TPSA) is 43.8 Å². The molecular weight excluding hydrogens is 222 g/mol. The zero-order chi connectivity index (χ0) is 12.9. The Morgan fingerprint density at radius 2 is 2.11 bits per heavy atom. The monoisotopic (exact) mass is 247 g/mol. The van der Waals surface area contributed by atoms with Crippen molar-refractivity contribution in [3.05, 3.63) is 17.0 Å². The minimum atomic E-state index is 0.183. The fourth-order valence-corrected chi connectivity index (χ4v) is 4.44. The van der Waals surface area contributed by atoms with Crippen molar-refractivity contribution in [1.29, 1.82) is 0 Å². The van der Waals surface area contributed by atoms with Crippen molar-refractivity contribution in [2.45, 2.75) is 52.0 Å². The maximum absolute atomic E-state index is 6.47. The Balaban J connectivity index is 1.73. The lowest BCUT2D eigenvalue weighted by Crippen LogP contribution is -2.20. The molecule has 1 heterocycles. The van der Waals surface area contributed by atoms with E-state index in [1.165, 1.54) is 36.9 Å². The van der Waals surface area contributed by atoms with Crippen LogP contribution in [-0.2, 0) is 7.05 Å². The maximum atomic E-state index is 6.47. The van der Waals surface area contributed by atoms with Crippen molar-refractivity contribution in [3.8, 4) is 0 Å². The average molecular weight is 247 g/mol. The van der Waals surface area contributed by atoms with Gasteiger partial charge >= 0.3 is 0 Å². The van der Waals surface area contributed by atoms with Gasteiger partial charge in [0.2, 0.25) is 0 Å². The summed E-state index contributed by atoms with van der Waals surface area (Å²) < 4.78 is 1.96. The largest absolute Gasteiger partial charge is 0.324 e. The van der Waals surface area contributed by atoms with Gasteiger partial charge in [0.25, 0.3) is 0 Å². The number of aryl methyl sites for hydroxylation is 2. The Morgan fingerprint density at radius 1 is 1.33 bits per heavy atom. The molecule has 4 atom stereocenters. The predicted octanol–water partition coefficient (Wildman–Crippen LogP) is 2.86. The summed E-state index contributed by atoms with van der Waals surface area (Å²) in [6.07, 6.45) is 6.99.